The van der Waals surface area contributed by atoms with Crippen LogP contribution < -0.4 is 9.47 Å². The van der Waals surface area contributed by atoms with Crippen LogP contribution in [-0.4, -0.2) is 16.6 Å². The SMILES string of the molecule is FC(F)(F)Oc1ccc(Oc2nnc(Br)s2)cc1. The van der Waals surface area contributed by atoms with Gasteiger partial charge >= 0.3 is 6.36 Å². The third kappa shape index (κ3) is 3.84. The van der Waals surface area contributed by atoms with Gasteiger partial charge in [0.05, 0.1) is 0 Å². The van der Waals surface area contributed by atoms with Crippen LogP contribution in [0.1, 0.15) is 0 Å². The van der Waals surface area contributed by atoms with Gasteiger partial charge in [0.25, 0.3) is 5.19 Å². The summed E-state index contributed by atoms with van der Waals surface area (Å²) in [6, 6.07) is 4.99. The van der Waals surface area contributed by atoms with Gasteiger partial charge in [-0.25, -0.2) is 0 Å². The van der Waals surface area contributed by atoms with Gasteiger partial charge in [0, 0.05) is 0 Å². The van der Waals surface area contributed by atoms with Crippen LogP contribution >= 0.6 is 27.3 Å². The highest BCUT2D eigenvalue weighted by molar-refractivity contribution is 9.11. The third-order valence-corrected chi connectivity index (χ3v) is 2.88. The molecule has 4 nitrogen and oxygen atoms in total. The molecule has 0 aliphatic rings. The Balaban J connectivity index is 2.04. The summed E-state index contributed by atoms with van der Waals surface area (Å²) in [7, 11) is 0. The first kappa shape index (κ1) is 13.1. The van der Waals surface area contributed by atoms with E-state index in [4.69, 9.17) is 4.74 Å². The predicted molar refractivity (Wildman–Crippen MR) is 60.8 cm³/mol. The van der Waals surface area contributed by atoms with E-state index in [1.165, 1.54) is 12.1 Å². The second-order valence-corrected chi connectivity index (χ2v) is 5.16. The molecular formula is C9H4BrF3N2O2S. The number of benzene rings is 1. The Morgan fingerprint density at radius 1 is 1.06 bits per heavy atom. The number of hydrogen-bond acceptors (Lipinski definition) is 5. The lowest BCUT2D eigenvalue weighted by molar-refractivity contribution is -0.274. The summed E-state index contributed by atoms with van der Waals surface area (Å²) in [4.78, 5) is 0. The van der Waals surface area contributed by atoms with Crippen molar-refractivity contribution in [1.82, 2.24) is 10.2 Å². The van der Waals surface area contributed by atoms with E-state index in [0.717, 1.165) is 23.5 Å². The van der Waals surface area contributed by atoms with Crippen LogP contribution in [0, 0.1) is 0 Å². The van der Waals surface area contributed by atoms with Crippen molar-refractivity contribution < 1.29 is 22.6 Å². The number of ether oxygens (including phenoxy) is 2. The van der Waals surface area contributed by atoms with Gasteiger partial charge in [0.2, 0.25) is 0 Å². The molecule has 1 heterocycles. The molecule has 18 heavy (non-hydrogen) atoms. The quantitative estimate of drug-likeness (QED) is 0.847. The Morgan fingerprint density at radius 2 is 1.67 bits per heavy atom. The summed E-state index contributed by atoms with van der Waals surface area (Å²) in [5.74, 6) is 0.0291. The molecule has 0 radical (unpaired) electrons. The fourth-order valence-electron chi connectivity index (χ4n) is 1.04. The first-order chi connectivity index (χ1) is 8.42. The summed E-state index contributed by atoms with van der Waals surface area (Å²) in [5, 5.41) is 7.63. The molecule has 0 N–H and O–H groups in total. The molecule has 0 amide bonds. The molecular weight excluding hydrogens is 337 g/mol. The minimum absolute atomic E-state index is 0.284. The van der Waals surface area contributed by atoms with Gasteiger partial charge in [0.1, 0.15) is 11.5 Å². The molecule has 0 saturated heterocycles. The number of halogens is 4. The van der Waals surface area contributed by atoms with Crippen molar-refractivity contribution in [2.75, 3.05) is 0 Å². The molecule has 2 rings (SSSR count). The summed E-state index contributed by atoms with van der Waals surface area (Å²) in [6.07, 6.45) is -4.70. The number of hydrogen-bond donors (Lipinski definition) is 0. The molecule has 9 heteroatoms. The molecule has 1 aromatic carbocycles. The van der Waals surface area contributed by atoms with Gasteiger partial charge in [0.15, 0.2) is 3.92 Å². The van der Waals surface area contributed by atoms with Crippen LogP contribution in [0.2, 0.25) is 0 Å². The van der Waals surface area contributed by atoms with E-state index >= 15 is 0 Å². The first-order valence-corrected chi connectivity index (χ1v) is 6.06. The van der Waals surface area contributed by atoms with Crippen molar-refractivity contribution in [3.05, 3.63) is 28.2 Å². The summed E-state index contributed by atoms with van der Waals surface area (Å²) < 4.78 is 45.3. The Labute approximate surface area is 111 Å². The second kappa shape index (κ2) is 5.11. The minimum Gasteiger partial charge on any atom is -0.430 e. The largest absolute Gasteiger partial charge is 0.573 e. The van der Waals surface area contributed by atoms with E-state index in [1.807, 2.05) is 0 Å². The Morgan fingerprint density at radius 3 is 2.17 bits per heavy atom. The number of aromatic nitrogens is 2. The third-order valence-electron chi connectivity index (χ3n) is 1.64. The smallest absolute Gasteiger partial charge is 0.430 e. The molecule has 96 valence electrons. The lowest BCUT2D eigenvalue weighted by atomic mass is 10.3. The molecule has 0 spiro atoms. The summed E-state index contributed by atoms with van der Waals surface area (Å²) >= 11 is 4.27. The number of rotatable bonds is 3. The molecule has 0 aliphatic heterocycles. The monoisotopic (exact) mass is 340 g/mol. The average molecular weight is 341 g/mol. The molecule has 0 fully saturated rings. The second-order valence-electron chi connectivity index (χ2n) is 2.94. The standard InChI is InChI=1S/C9H4BrF3N2O2S/c10-7-14-15-8(18-7)16-5-1-3-6(4-2-5)17-9(11,12)13/h1-4H. The maximum absolute atomic E-state index is 11.9. The molecule has 0 unspecified atom stereocenters. The van der Waals surface area contributed by atoms with E-state index in [0.29, 0.717) is 9.67 Å². The maximum atomic E-state index is 11.9. The van der Waals surface area contributed by atoms with Crippen molar-refractivity contribution >= 4 is 27.3 Å². The highest BCUT2D eigenvalue weighted by Gasteiger charge is 2.30. The first-order valence-electron chi connectivity index (χ1n) is 4.45. The lowest BCUT2D eigenvalue weighted by Crippen LogP contribution is -2.16. The van der Waals surface area contributed by atoms with Crippen LogP contribution in [0.3, 0.4) is 0 Å². The van der Waals surface area contributed by atoms with Crippen LogP contribution in [0.5, 0.6) is 16.7 Å². The molecule has 0 bridgehead atoms. The number of alkyl halides is 3. The zero-order valence-electron chi connectivity index (χ0n) is 8.44. The van der Waals surface area contributed by atoms with Gasteiger partial charge in [-0.1, -0.05) is 5.10 Å². The van der Waals surface area contributed by atoms with Crippen molar-refractivity contribution in [1.29, 1.82) is 0 Å². The van der Waals surface area contributed by atoms with Gasteiger partial charge in [-0.05, 0) is 51.5 Å². The van der Waals surface area contributed by atoms with Crippen molar-refractivity contribution in [2.24, 2.45) is 0 Å². The molecule has 0 aliphatic carbocycles. The Bertz CT molecular complexity index is 529. The van der Waals surface area contributed by atoms with Gasteiger partial charge < -0.3 is 9.47 Å². The fourth-order valence-corrected chi connectivity index (χ4v) is 1.98. The molecule has 1 aromatic heterocycles. The molecule has 0 saturated carbocycles. The summed E-state index contributed by atoms with van der Waals surface area (Å²) in [6.45, 7) is 0. The van der Waals surface area contributed by atoms with Crippen LogP contribution in [0.25, 0.3) is 0 Å². The van der Waals surface area contributed by atoms with Crippen LogP contribution in [-0.2, 0) is 0 Å². The van der Waals surface area contributed by atoms with Gasteiger partial charge in [-0.3, -0.25) is 0 Å². The van der Waals surface area contributed by atoms with E-state index in [2.05, 4.69) is 30.9 Å². The average Bonchev–Trinajstić information content (AvgIpc) is 2.65. The van der Waals surface area contributed by atoms with Crippen LogP contribution in [0.15, 0.2) is 28.2 Å². The highest BCUT2D eigenvalue weighted by atomic mass is 79.9. The normalized spacial score (nSPS) is 11.3. The maximum Gasteiger partial charge on any atom is 0.573 e. The molecule has 0 atom stereocenters. The summed E-state index contributed by atoms with van der Waals surface area (Å²) in [5.41, 5.74) is 0. The van der Waals surface area contributed by atoms with Gasteiger partial charge in [-0.15, -0.1) is 18.3 Å². The lowest BCUT2D eigenvalue weighted by Gasteiger charge is -2.08. The van der Waals surface area contributed by atoms with Crippen molar-refractivity contribution in [3.63, 3.8) is 0 Å². The molecule has 2 aromatic rings. The fraction of sp³-hybridized carbons (Fsp3) is 0.111. The van der Waals surface area contributed by atoms with Crippen molar-refractivity contribution in [2.45, 2.75) is 6.36 Å². The number of nitrogens with zero attached hydrogens (tertiary/aromatic N) is 2. The van der Waals surface area contributed by atoms with Gasteiger partial charge in [-0.2, -0.15) is 0 Å². The Hall–Kier alpha value is -1.35. The van der Waals surface area contributed by atoms with E-state index in [-0.39, 0.29) is 10.9 Å². The zero-order chi connectivity index (χ0) is 13.2. The zero-order valence-corrected chi connectivity index (χ0v) is 10.8. The topological polar surface area (TPSA) is 44.2 Å². The van der Waals surface area contributed by atoms with E-state index < -0.39 is 6.36 Å². The van der Waals surface area contributed by atoms with Crippen molar-refractivity contribution in [3.8, 4) is 16.7 Å². The van der Waals surface area contributed by atoms with E-state index in [1.54, 1.807) is 0 Å². The Kier molecular flexibility index (Phi) is 3.71. The van der Waals surface area contributed by atoms with Crippen LogP contribution in [0.4, 0.5) is 13.2 Å². The predicted octanol–water partition coefficient (Wildman–Crippen LogP) is 3.99. The van der Waals surface area contributed by atoms with E-state index in [9.17, 15) is 13.2 Å². The minimum atomic E-state index is -4.70. The highest BCUT2D eigenvalue weighted by Crippen LogP contribution is 2.29.